The maximum Gasteiger partial charge on any atom is 0.317 e. The fraction of sp³-hybridized carbons (Fsp3) is 0.914. The summed E-state index contributed by atoms with van der Waals surface area (Å²) in [6.45, 7) is 31.1. The molecular weight excluding hydrogens is 613 g/mol. The molecule has 1 aliphatic heterocycles. The van der Waals surface area contributed by atoms with Gasteiger partial charge in [-0.25, -0.2) is 0 Å². The summed E-state index contributed by atoms with van der Waals surface area (Å²) in [5, 5.41) is 0. The van der Waals surface area contributed by atoms with E-state index in [1.807, 2.05) is 0 Å². The molecule has 44 heavy (non-hydrogen) atoms. The number of esters is 3. The summed E-state index contributed by atoms with van der Waals surface area (Å²) in [4.78, 5) is 40.5. The van der Waals surface area contributed by atoms with Crippen LogP contribution in [0.2, 0.25) is 65.0 Å². The van der Waals surface area contributed by atoms with Gasteiger partial charge in [-0.1, -0.05) is 78.8 Å². The van der Waals surface area contributed by atoms with Crippen molar-refractivity contribution in [2.75, 3.05) is 0 Å². The first-order valence-electron chi connectivity index (χ1n) is 18.0. The second-order valence-electron chi connectivity index (χ2n) is 19.8. The maximum absolute atomic E-state index is 13.9. The second-order valence-corrected chi connectivity index (χ2v) is 61.3. The molecule has 4 bridgehead atoms. The van der Waals surface area contributed by atoms with E-state index in [1.165, 1.54) is 25.3 Å². The van der Waals surface area contributed by atoms with Crippen LogP contribution in [0.3, 0.4) is 0 Å². The van der Waals surface area contributed by atoms with Gasteiger partial charge in [0.25, 0.3) is 0 Å². The predicted molar refractivity (Wildman–Crippen MR) is 189 cm³/mol. The van der Waals surface area contributed by atoms with Crippen LogP contribution in [0.15, 0.2) is 0 Å². The van der Waals surface area contributed by atoms with Gasteiger partial charge >= 0.3 is 17.9 Å². The Kier molecular flexibility index (Phi) is 8.92. The molecule has 0 spiro atoms. The molecule has 5 rings (SSSR count). The average molecular weight is 677 g/mol. The standard InChI is InChI=1S/C35H64O5Si4/c1-21-23-14-15-24(18-23)28(21)30-31(34(38)39-33(30)37)29-22(2)26-19-25(29)20-27(26)32(36)40-35(3,4)16-17-44(41(5,6)7,42(8,9)10)43(11,12)13/h21-31H,14-20H2,1-13H3. The van der Waals surface area contributed by atoms with Crippen molar-refractivity contribution in [1.82, 2.24) is 0 Å². The van der Waals surface area contributed by atoms with Crippen molar-refractivity contribution in [3.63, 3.8) is 0 Å². The summed E-state index contributed by atoms with van der Waals surface area (Å²) in [5.74, 6) is 1.67. The smallest absolute Gasteiger partial charge is 0.317 e. The van der Waals surface area contributed by atoms with E-state index in [9.17, 15) is 14.4 Å². The molecule has 1 heterocycles. The first-order chi connectivity index (χ1) is 20.0. The van der Waals surface area contributed by atoms with Gasteiger partial charge in [-0.15, -0.1) is 0 Å². The van der Waals surface area contributed by atoms with Gasteiger partial charge in [0.15, 0.2) is 0 Å². The highest BCUT2D eigenvalue weighted by Crippen LogP contribution is 2.63. The Bertz CT molecular complexity index is 1120. The lowest BCUT2D eigenvalue weighted by atomic mass is 9.61. The fourth-order valence-corrected chi connectivity index (χ4v) is 112. The highest BCUT2D eigenvalue weighted by Gasteiger charge is 2.65. The molecule has 0 radical (unpaired) electrons. The number of hydrogen-bond acceptors (Lipinski definition) is 5. The molecule has 0 amide bonds. The van der Waals surface area contributed by atoms with E-state index in [-0.39, 0.29) is 59.3 Å². The third-order valence-corrected chi connectivity index (χ3v) is 88.9. The van der Waals surface area contributed by atoms with Crippen molar-refractivity contribution in [1.29, 1.82) is 0 Å². The summed E-state index contributed by atoms with van der Waals surface area (Å²) in [5.41, 5.74) is -0.469. The van der Waals surface area contributed by atoms with Crippen LogP contribution in [0, 0.1) is 65.1 Å². The summed E-state index contributed by atoms with van der Waals surface area (Å²) < 4.78 is 11.9. The minimum atomic E-state index is -1.53. The lowest BCUT2D eigenvalue weighted by Crippen LogP contribution is -2.82. The zero-order chi connectivity index (χ0) is 32.9. The van der Waals surface area contributed by atoms with Crippen LogP contribution in [0.5, 0.6) is 0 Å². The normalized spacial score (nSPS) is 39.3. The Labute approximate surface area is 272 Å². The molecule has 0 aromatic carbocycles. The summed E-state index contributed by atoms with van der Waals surface area (Å²) in [6, 6.07) is 1.30. The number of carbonyl (C=O) groups excluding carboxylic acids is 3. The Hall–Kier alpha value is -0.522. The topological polar surface area (TPSA) is 69.7 Å². The van der Waals surface area contributed by atoms with Crippen LogP contribution < -0.4 is 0 Å². The zero-order valence-electron chi connectivity index (χ0n) is 30.3. The molecule has 0 N–H and O–H groups in total. The van der Waals surface area contributed by atoms with E-state index in [0.717, 1.165) is 19.3 Å². The minimum absolute atomic E-state index is 0.0163. The average Bonchev–Trinajstić information content (AvgIpc) is 3.64. The molecule has 11 atom stereocenters. The fourth-order valence-electron chi connectivity index (χ4n) is 13.6. The van der Waals surface area contributed by atoms with Gasteiger partial charge in [-0.05, 0) is 99.7 Å². The Morgan fingerprint density at radius 1 is 0.750 bits per heavy atom. The van der Waals surface area contributed by atoms with Crippen LogP contribution >= 0.6 is 0 Å². The second kappa shape index (κ2) is 11.3. The molecule has 9 heteroatoms. The highest BCUT2D eigenvalue weighted by molar-refractivity contribution is 7.89. The van der Waals surface area contributed by atoms with Gasteiger partial charge in [-0.3, -0.25) is 14.4 Å². The molecule has 5 nitrogen and oxygen atoms in total. The van der Waals surface area contributed by atoms with E-state index in [1.54, 1.807) is 0 Å². The minimum Gasteiger partial charge on any atom is -0.459 e. The third kappa shape index (κ3) is 5.47. The molecule has 250 valence electrons. The van der Waals surface area contributed by atoms with Gasteiger partial charge in [0, 0.05) is 29.4 Å². The molecule has 0 aromatic heterocycles. The van der Waals surface area contributed by atoms with Crippen molar-refractivity contribution < 1.29 is 23.9 Å². The third-order valence-electron chi connectivity index (χ3n) is 14.5. The van der Waals surface area contributed by atoms with Crippen LogP contribution in [0.25, 0.3) is 0 Å². The Morgan fingerprint density at radius 3 is 1.70 bits per heavy atom. The van der Waals surface area contributed by atoms with E-state index in [2.05, 4.69) is 86.6 Å². The quantitative estimate of drug-likeness (QED) is 0.132. The molecule has 5 aliphatic rings. The number of hydrogen-bond donors (Lipinski definition) is 0. The zero-order valence-corrected chi connectivity index (χ0v) is 34.3. The molecular formula is C35H64O5Si4. The van der Waals surface area contributed by atoms with E-state index in [0.29, 0.717) is 23.7 Å². The van der Waals surface area contributed by atoms with E-state index in [4.69, 9.17) is 9.47 Å². The van der Waals surface area contributed by atoms with Crippen molar-refractivity contribution in [2.24, 2.45) is 65.1 Å². The lowest BCUT2D eigenvalue weighted by molar-refractivity contribution is -0.165. The van der Waals surface area contributed by atoms with Crippen LogP contribution in [0.4, 0.5) is 0 Å². The first kappa shape index (κ1) is 34.8. The lowest BCUT2D eigenvalue weighted by Gasteiger charge is -2.58. The highest BCUT2D eigenvalue weighted by atomic mass is 29.9. The first-order valence-corrected chi connectivity index (χ1v) is 33.7. The summed E-state index contributed by atoms with van der Waals surface area (Å²) in [7, 11) is -4.17. The van der Waals surface area contributed by atoms with Crippen molar-refractivity contribution >= 4 is 47.3 Å². The number of rotatable bonds is 10. The predicted octanol–water partition coefficient (Wildman–Crippen LogP) is 8.30. The Morgan fingerprint density at radius 2 is 1.25 bits per heavy atom. The monoisotopic (exact) mass is 676 g/mol. The Balaban J connectivity index is 1.28. The van der Waals surface area contributed by atoms with Crippen molar-refractivity contribution in [3.05, 3.63) is 0 Å². The van der Waals surface area contributed by atoms with Gasteiger partial charge < -0.3 is 9.47 Å². The SMILES string of the molecule is CC1C2CCC(C2)C1C1C(=O)OC(=O)C1C1C2CC(C(=O)OC(C)(C)CC[Si]([Si](C)(C)C)([Si](C)(C)C)[Si](C)(C)C)C(C2)C1C. The summed E-state index contributed by atoms with van der Waals surface area (Å²) in [6.07, 6.45) is 6.41. The van der Waals surface area contributed by atoms with Gasteiger partial charge in [0.2, 0.25) is 0 Å². The molecule has 5 fully saturated rings. The number of fused-ring (bicyclic) bond motifs is 4. The largest absolute Gasteiger partial charge is 0.459 e. The molecule has 4 saturated carbocycles. The van der Waals surface area contributed by atoms with Crippen LogP contribution in [0.1, 0.15) is 66.2 Å². The van der Waals surface area contributed by atoms with E-state index < -0.39 is 35.0 Å². The van der Waals surface area contributed by atoms with Crippen LogP contribution in [-0.4, -0.2) is 52.9 Å². The van der Waals surface area contributed by atoms with E-state index >= 15 is 0 Å². The van der Waals surface area contributed by atoms with Gasteiger partial charge in [0.1, 0.15) is 5.60 Å². The van der Waals surface area contributed by atoms with Gasteiger partial charge in [0.05, 0.1) is 17.8 Å². The molecule has 11 unspecified atom stereocenters. The number of carbonyl (C=O) groups is 3. The molecule has 1 saturated heterocycles. The molecule has 0 aromatic rings. The van der Waals surface area contributed by atoms with Crippen molar-refractivity contribution in [3.8, 4) is 0 Å². The van der Waals surface area contributed by atoms with Crippen LogP contribution in [-0.2, 0) is 23.9 Å². The molecule has 4 aliphatic carbocycles. The maximum atomic E-state index is 13.9. The number of cyclic esters (lactones) is 2. The summed E-state index contributed by atoms with van der Waals surface area (Å²) >= 11 is 0. The van der Waals surface area contributed by atoms with Gasteiger partial charge in [-0.2, -0.15) is 0 Å². The van der Waals surface area contributed by atoms with Crippen molar-refractivity contribution in [2.45, 2.75) is 137 Å². The number of ether oxygens (including phenoxy) is 2.